The van der Waals surface area contributed by atoms with E-state index in [2.05, 4.69) is 20.2 Å². The molecule has 98 valence electrons. The van der Waals surface area contributed by atoms with Crippen molar-refractivity contribution >= 4 is 33.9 Å². The molecule has 0 unspecified atom stereocenters. The van der Waals surface area contributed by atoms with Crippen molar-refractivity contribution in [2.45, 2.75) is 19.3 Å². The predicted octanol–water partition coefficient (Wildman–Crippen LogP) is 2.81. The zero-order chi connectivity index (χ0) is 13.1. The molecule has 0 bridgehead atoms. The van der Waals surface area contributed by atoms with E-state index in [1.165, 1.54) is 19.3 Å². The van der Waals surface area contributed by atoms with E-state index in [1.807, 2.05) is 24.4 Å². The van der Waals surface area contributed by atoms with Gasteiger partial charge < -0.3 is 10.2 Å². The summed E-state index contributed by atoms with van der Waals surface area (Å²) in [7, 11) is 0. The van der Waals surface area contributed by atoms with E-state index < -0.39 is 0 Å². The van der Waals surface area contributed by atoms with Gasteiger partial charge in [-0.05, 0) is 49.7 Å². The maximum Gasteiger partial charge on any atom is 0.173 e. The lowest BCUT2D eigenvalue weighted by Crippen LogP contribution is -2.38. The maximum absolute atomic E-state index is 5.46. The van der Waals surface area contributed by atoms with E-state index in [4.69, 9.17) is 12.2 Å². The third-order valence-corrected chi connectivity index (χ3v) is 3.76. The van der Waals surface area contributed by atoms with Gasteiger partial charge in [-0.2, -0.15) is 0 Å². The van der Waals surface area contributed by atoms with Crippen LogP contribution in [0, 0.1) is 0 Å². The van der Waals surface area contributed by atoms with Gasteiger partial charge in [-0.3, -0.25) is 0 Å². The fourth-order valence-electron chi connectivity index (χ4n) is 2.36. The first-order valence-corrected chi connectivity index (χ1v) is 6.99. The van der Waals surface area contributed by atoms with Crippen LogP contribution in [0.1, 0.15) is 19.3 Å². The molecular weight excluding hydrogens is 256 g/mol. The Morgan fingerprint density at radius 1 is 1.21 bits per heavy atom. The molecule has 5 heteroatoms. The fourth-order valence-corrected chi connectivity index (χ4v) is 2.66. The summed E-state index contributed by atoms with van der Waals surface area (Å²) in [6, 6.07) is 6.02. The first-order valence-electron chi connectivity index (χ1n) is 6.59. The molecule has 1 fully saturated rings. The molecule has 0 radical (unpaired) electrons. The van der Waals surface area contributed by atoms with E-state index >= 15 is 0 Å². The fraction of sp³-hybridized carbons (Fsp3) is 0.357. The first-order chi connectivity index (χ1) is 9.33. The van der Waals surface area contributed by atoms with Crippen LogP contribution < -0.4 is 5.32 Å². The molecule has 3 rings (SSSR count). The second kappa shape index (κ2) is 5.48. The molecule has 1 N–H and O–H groups in total. The number of piperidine rings is 1. The van der Waals surface area contributed by atoms with Crippen LogP contribution in [0.15, 0.2) is 30.7 Å². The van der Waals surface area contributed by atoms with Crippen molar-refractivity contribution < 1.29 is 0 Å². The molecule has 1 aliphatic heterocycles. The van der Waals surface area contributed by atoms with Crippen LogP contribution in [0.25, 0.3) is 10.9 Å². The topological polar surface area (TPSA) is 41.1 Å². The van der Waals surface area contributed by atoms with Gasteiger partial charge in [-0.25, -0.2) is 9.97 Å². The molecule has 0 aliphatic carbocycles. The number of hydrogen-bond donors (Lipinski definition) is 1. The van der Waals surface area contributed by atoms with Gasteiger partial charge >= 0.3 is 0 Å². The quantitative estimate of drug-likeness (QED) is 0.808. The average Bonchev–Trinajstić information content (AvgIpc) is 2.48. The van der Waals surface area contributed by atoms with Gasteiger partial charge in [0.1, 0.15) is 6.33 Å². The molecule has 2 aromatic rings. The van der Waals surface area contributed by atoms with Gasteiger partial charge in [-0.15, -0.1) is 0 Å². The summed E-state index contributed by atoms with van der Waals surface area (Å²) in [5, 5.41) is 5.14. The molecule has 1 aromatic carbocycles. The third kappa shape index (κ3) is 2.81. The van der Waals surface area contributed by atoms with Crippen LogP contribution in [0.3, 0.4) is 0 Å². The lowest BCUT2D eigenvalue weighted by atomic mass is 10.1. The summed E-state index contributed by atoms with van der Waals surface area (Å²) < 4.78 is 0. The van der Waals surface area contributed by atoms with Crippen LogP contribution >= 0.6 is 12.2 Å². The molecule has 1 aliphatic rings. The first kappa shape index (κ1) is 12.3. The normalized spacial score (nSPS) is 15.5. The maximum atomic E-state index is 5.46. The van der Waals surface area contributed by atoms with E-state index in [-0.39, 0.29) is 0 Å². The Labute approximate surface area is 117 Å². The van der Waals surface area contributed by atoms with Gasteiger partial charge in [0.05, 0.1) is 5.52 Å². The molecule has 19 heavy (non-hydrogen) atoms. The van der Waals surface area contributed by atoms with Crippen molar-refractivity contribution in [3.8, 4) is 0 Å². The standard InChI is InChI=1S/C14H16N4S/c19-14(18-6-2-1-3-7-18)17-12-4-5-13-11(8-12)9-15-10-16-13/h4-5,8-10H,1-3,6-7H2,(H,17,19). The second-order valence-corrected chi connectivity index (χ2v) is 5.16. The van der Waals surface area contributed by atoms with Crippen LogP contribution in [-0.4, -0.2) is 33.1 Å². The summed E-state index contributed by atoms with van der Waals surface area (Å²) in [6.45, 7) is 2.12. The van der Waals surface area contributed by atoms with Gasteiger partial charge in [0.15, 0.2) is 5.11 Å². The minimum absolute atomic E-state index is 0.816. The summed E-state index contributed by atoms with van der Waals surface area (Å²) in [4.78, 5) is 10.5. The Hall–Kier alpha value is -1.75. The summed E-state index contributed by atoms with van der Waals surface area (Å²) in [6.07, 6.45) is 7.15. The molecule has 2 heterocycles. The highest BCUT2D eigenvalue weighted by Crippen LogP contribution is 2.17. The number of rotatable bonds is 1. The lowest BCUT2D eigenvalue weighted by molar-refractivity contribution is 0.346. The van der Waals surface area contributed by atoms with Crippen molar-refractivity contribution in [3.63, 3.8) is 0 Å². The molecular formula is C14H16N4S. The van der Waals surface area contributed by atoms with E-state index in [0.717, 1.165) is 34.8 Å². The zero-order valence-electron chi connectivity index (χ0n) is 10.7. The smallest absolute Gasteiger partial charge is 0.173 e. The van der Waals surface area contributed by atoms with E-state index in [9.17, 15) is 0 Å². The van der Waals surface area contributed by atoms with Crippen LogP contribution in [-0.2, 0) is 0 Å². The number of thiocarbonyl (C=S) groups is 1. The number of fused-ring (bicyclic) bond motifs is 1. The number of likely N-dealkylation sites (tertiary alicyclic amines) is 1. The Bertz CT molecular complexity index is 593. The van der Waals surface area contributed by atoms with Crippen molar-refractivity contribution in [1.29, 1.82) is 0 Å². The summed E-state index contributed by atoms with van der Waals surface area (Å²) in [5.41, 5.74) is 1.95. The molecule has 0 spiro atoms. The minimum Gasteiger partial charge on any atom is -0.349 e. The van der Waals surface area contributed by atoms with Crippen LogP contribution in [0.5, 0.6) is 0 Å². The number of anilines is 1. The van der Waals surface area contributed by atoms with E-state index in [1.54, 1.807) is 6.33 Å². The van der Waals surface area contributed by atoms with Gasteiger partial charge in [0, 0.05) is 30.4 Å². The van der Waals surface area contributed by atoms with Gasteiger partial charge in [-0.1, -0.05) is 0 Å². The van der Waals surface area contributed by atoms with Crippen molar-refractivity contribution in [1.82, 2.24) is 14.9 Å². The Morgan fingerprint density at radius 2 is 2.05 bits per heavy atom. The Balaban J connectivity index is 1.75. The lowest BCUT2D eigenvalue weighted by Gasteiger charge is -2.29. The van der Waals surface area contributed by atoms with Crippen LogP contribution in [0.4, 0.5) is 5.69 Å². The second-order valence-electron chi connectivity index (χ2n) is 4.77. The highest BCUT2D eigenvalue weighted by atomic mass is 32.1. The Morgan fingerprint density at radius 3 is 2.89 bits per heavy atom. The van der Waals surface area contributed by atoms with Gasteiger partial charge in [0.2, 0.25) is 0 Å². The monoisotopic (exact) mass is 272 g/mol. The summed E-state index contributed by atoms with van der Waals surface area (Å²) in [5.74, 6) is 0. The predicted molar refractivity (Wildman–Crippen MR) is 81.2 cm³/mol. The molecule has 1 aromatic heterocycles. The van der Waals surface area contributed by atoms with E-state index in [0.29, 0.717) is 0 Å². The SMILES string of the molecule is S=C(Nc1ccc2ncncc2c1)N1CCCCC1. The number of nitrogens with one attached hydrogen (secondary N) is 1. The molecule has 4 nitrogen and oxygen atoms in total. The van der Waals surface area contributed by atoms with Crippen molar-refractivity contribution in [2.75, 3.05) is 18.4 Å². The molecule has 0 saturated carbocycles. The average molecular weight is 272 g/mol. The number of benzene rings is 1. The van der Waals surface area contributed by atoms with Crippen molar-refractivity contribution in [2.24, 2.45) is 0 Å². The number of nitrogens with zero attached hydrogens (tertiary/aromatic N) is 3. The summed E-state index contributed by atoms with van der Waals surface area (Å²) >= 11 is 5.46. The minimum atomic E-state index is 0.816. The van der Waals surface area contributed by atoms with Crippen LogP contribution in [0.2, 0.25) is 0 Å². The molecule has 1 saturated heterocycles. The molecule has 0 amide bonds. The number of hydrogen-bond acceptors (Lipinski definition) is 3. The largest absolute Gasteiger partial charge is 0.349 e. The highest BCUT2D eigenvalue weighted by Gasteiger charge is 2.13. The van der Waals surface area contributed by atoms with Gasteiger partial charge in [0.25, 0.3) is 0 Å². The number of aromatic nitrogens is 2. The zero-order valence-corrected chi connectivity index (χ0v) is 11.5. The third-order valence-electron chi connectivity index (χ3n) is 3.40. The molecule has 0 atom stereocenters. The highest BCUT2D eigenvalue weighted by molar-refractivity contribution is 7.80. The van der Waals surface area contributed by atoms with Crippen molar-refractivity contribution in [3.05, 3.63) is 30.7 Å². The Kier molecular flexibility index (Phi) is 3.55.